The van der Waals surface area contributed by atoms with Crippen molar-refractivity contribution in [1.82, 2.24) is 0 Å². The lowest BCUT2D eigenvalue weighted by molar-refractivity contribution is -0.136. The van der Waals surface area contributed by atoms with Gasteiger partial charge in [0, 0.05) is 10.6 Å². The lowest BCUT2D eigenvalue weighted by Gasteiger charge is -2.22. The molecule has 1 atom stereocenters. The van der Waals surface area contributed by atoms with Gasteiger partial charge in [-0.3, -0.25) is 9.59 Å². The molecule has 1 aliphatic heterocycles. The predicted octanol–water partition coefficient (Wildman–Crippen LogP) is 4.25. The normalized spacial score (nSPS) is 18.4. The van der Waals surface area contributed by atoms with Crippen molar-refractivity contribution in [1.29, 1.82) is 0 Å². The number of halogens is 1. The van der Waals surface area contributed by atoms with Gasteiger partial charge in [-0.15, -0.1) is 0 Å². The van der Waals surface area contributed by atoms with Gasteiger partial charge in [0.1, 0.15) is 0 Å². The van der Waals surface area contributed by atoms with Crippen molar-refractivity contribution < 1.29 is 19.1 Å². The molecule has 3 aromatic rings. The van der Waals surface area contributed by atoms with E-state index in [1.807, 2.05) is 25.1 Å². The predicted molar refractivity (Wildman–Crippen MR) is 105 cm³/mol. The SMILES string of the molecule is Cc1ccc2c(c1)C(O)(CC(=O)c1ccco1)C(=O)N2Cc1ccc(Cl)cc1. The van der Waals surface area contributed by atoms with E-state index < -0.39 is 17.3 Å². The minimum Gasteiger partial charge on any atom is -0.461 e. The number of aryl methyl sites for hydroxylation is 1. The maximum absolute atomic E-state index is 13.2. The minimum atomic E-state index is -1.93. The molecule has 0 saturated heterocycles. The van der Waals surface area contributed by atoms with Crippen LogP contribution in [0.15, 0.2) is 65.3 Å². The Bertz CT molecular complexity index is 1040. The van der Waals surface area contributed by atoms with E-state index in [-0.39, 0.29) is 18.7 Å². The molecule has 0 bridgehead atoms. The summed E-state index contributed by atoms with van der Waals surface area (Å²) in [6, 6.07) is 15.7. The van der Waals surface area contributed by atoms with E-state index in [2.05, 4.69) is 0 Å². The number of anilines is 1. The van der Waals surface area contributed by atoms with Crippen molar-refractivity contribution >= 4 is 29.0 Å². The van der Waals surface area contributed by atoms with Crippen LogP contribution in [0.25, 0.3) is 0 Å². The molecular weight excluding hydrogens is 378 g/mol. The van der Waals surface area contributed by atoms with Gasteiger partial charge in [-0.2, -0.15) is 0 Å². The van der Waals surface area contributed by atoms with Crippen molar-refractivity contribution in [2.45, 2.75) is 25.5 Å². The van der Waals surface area contributed by atoms with E-state index in [9.17, 15) is 14.7 Å². The maximum Gasteiger partial charge on any atom is 0.264 e. The van der Waals surface area contributed by atoms with Gasteiger partial charge in [-0.25, -0.2) is 0 Å². The fourth-order valence-electron chi connectivity index (χ4n) is 3.52. The van der Waals surface area contributed by atoms with Gasteiger partial charge in [-0.05, 0) is 42.8 Å². The van der Waals surface area contributed by atoms with Crippen LogP contribution in [0.2, 0.25) is 5.02 Å². The molecule has 1 aromatic heterocycles. The zero-order valence-corrected chi connectivity index (χ0v) is 15.9. The highest BCUT2D eigenvalue weighted by molar-refractivity contribution is 6.30. The number of nitrogens with zero attached hydrogens (tertiary/aromatic N) is 1. The second-order valence-corrected chi connectivity index (χ2v) is 7.41. The lowest BCUT2D eigenvalue weighted by Crippen LogP contribution is -2.41. The monoisotopic (exact) mass is 395 g/mol. The van der Waals surface area contributed by atoms with Crippen LogP contribution in [0.3, 0.4) is 0 Å². The Hall–Kier alpha value is -2.89. The Morgan fingerprint density at radius 3 is 2.61 bits per heavy atom. The largest absolute Gasteiger partial charge is 0.461 e. The molecule has 28 heavy (non-hydrogen) atoms. The zero-order chi connectivity index (χ0) is 19.9. The third-order valence-corrected chi connectivity index (χ3v) is 5.21. The smallest absolute Gasteiger partial charge is 0.264 e. The van der Waals surface area contributed by atoms with Crippen molar-refractivity contribution in [3.05, 3.63) is 88.3 Å². The van der Waals surface area contributed by atoms with E-state index in [1.165, 1.54) is 17.2 Å². The van der Waals surface area contributed by atoms with Crippen LogP contribution in [0.5, 0.6) is 0 Å². The third-order valence-electron chi connectivity index (χ3n) is 4.95. The average molecular weight is 396 g/mol. The molecule has 0 spiro atoms. The molecular formula is C22H18ClNO4. The highest BCUT2D eigenvalue weighted by Crippen LogP contribution is 2.44. The van der Waals surface area contributed by atoms with Crippen LogP contribution < -0.4 is 4.90 Å². The van der Waals surface area contributed by atoms with E-state index in [1.54, 1.807) is 30.3 Å². The van der Waals surface area contributed by atoms with Crippen LogP contribution >= 0.6 is 11.6 Å². The number of amides is 1. The summed E-state index contributed by atoms with van der Waals surface area (Å²) in [4.78, 5) is 27.3. The number of carbonyl (C=O) groups excluding carboxylic acids is 2. The fraction of sp³-hybridized carbons (Fsp3) is 0.182. The Kier molecular flexibility index (Phi) is 4.57. The third kappa shape index (κ3) is 3.13. The molecule has 0 fully saturated rings. The summed E-state index contributed by atoms with van der Waals surface area (Å²) in [6.07, 6.45) is 1.01. The van der Waals surface area contributed by atoms with Crippen LogP contribution in [0, 0.1) is 6.92 Å². The lowest BCUT2D eigenvalue weighted by atomic mass is 9.88. The number of rotatable bonds is 5. The number of benzene rings is 2. The van der Waals surface area contributed by atoms with Crippen LogP contribution in [0.1, 0.15) is 33.7 Å². The summed E-state index contributed by atoms with van der Waals surface area (Å²) in [5.41, 5.74) is 0.860. The van der Waals surface area contributed by atoms with E-state index in [4.69, 9.17) is 16.0 Å². The molecule has 6 heteroatoms. The Balaban J connectivity index is 1.72. The van der Waals surface area contributed by atoms with Crippen molar-refractivity contribution in [2.75, 3.05) is 4.90 Å². The molecule has 2 heterocycles. The number of ketones is 1. The molecule has 1 amide bonds. The van der Waals surface area contributed by atoms with E-state index in [0.29, 0.717) is 16.3 Å². The van der Waals surface area contributed by atoms with Gasteiger partial charge in [0.05, 0.1) is 24.9 Å². The second-order valence-electron chi connectivity index (χ2n) is 6.98. The molecule has 0 radical (unpaired) electrons. The highest BCUT2D eigenvalue weighted by atomic mass is 35.5. The van der Waals surface area contributed by atoms with Gasteiger partial charge >= 0.3 is 0 Å². The van der Waals surface area contributed by atoms with Gasteiger partial charge in [-0.1, -0.05) is 41.4 Å². The quantitative estimate of drug-likeness (QED) is 0.655. The molecule has 1 unspecified atom stereocenters. The number of aliphatic hydroxyl groups is 1. The van der Waals surface area contributed by atoms with Gasteiger partial charge in [0.25, 0.3) is 5.91 Å². The fourth-order valence-corrected chi connectivity index (χ4v) is 3.65. The molecule has 0 saturated carbocycles. The first-order chi connectivity index (χ1) is 13.4. The Morgan fingerprint density at radius 1 is 1.18 bits per heavy atom. The average Bonchev–Trinajstić information content (AvgIpc) is 3.27. The Morgan fingerprint density at radius 2 is 1.93 bits per heavy atom. The van der Waals surface area contributed by atoms with Gasteiger partial charge in [0.15, 0.2) is 11.4 Å². The van der Waals surface area contributed by atoms with Crippen molar-refractivity contribution in [3.63, 3.8) is 0 Å². The maximum atomic E-state index is 13.2. The van der Waals surface area contributed by atoms with Gasteiger partial charge < -0.3 is 14.4 Å². The summed E-state index contributed by atoms with van der Waals surface area (Å²) in [6.45, 7) is 2.14. The van der Waals surface area contributed by atoms with E-state index >= 15 is 0 Å². The summed E-state index contributed by atoms with van der Waals surface area (Å²) >= 11 is 5.94. The molecule has 0 aliphatic carbocycles. The first kappa shape index (κ1) is 18.5. The number of Topliss-reactive ketones (excluding diaryl/α,β-unsaturated/α-hetero) is 1. The summed E-state index contributed by atoms with van der Waals surface area (Å²) < 4.78 is 5.13. The standard InChI is InChI=1S/C22H18ClNO4/c1-14-4-9-18-17(11-14)22(27,12-19(25)20-3-2-10-28-20)21(26)24(18)13-15-5-7-16(23)8-6-15/h2-11,27H,12-13H2,1H3. The molecule has 4 rings (SSSR count). The summed E-state index contributed by atoms with van der Waals surface area (Å²) in [5.74, 6) is -0.837. The van der Waals surface area contributed by atoms with Crippen LogP contribution in [-0.2, 0) is 16.9 Å². The van der Waals surface area contributed by atoms with Gasteiger partial charge in [0.2, 0.25) is 5.78 Å². The summed E-state index contributed by atoms with van der Waals surface area (Å²) in [5, 5.41) is 11.9. The van der Waals surface area contributed by atoms with Crippen LogP contribution in [-0.4, -0.2) is 16.8 Å². The molecule has 142 valence electrons. The Labute approximate surface area is 167 Å². The topological polar surface area (TPSA) is 70.7 Å². The number of fused-ring (bicyclic) bond motifs is 1. The second kappa shape index (κ2) is 6.93. The molecule has 1 aliphatic rings. The first-order valence-corrected chi connectivity index (χ1v) is 9.23. The highest BCUT2D eigenvalue weighted by Gasteiger charge is 2.51. The number of furan rings is 1. The minimum absolute atomic E-state index is 0.117. The molecule has 1 N–H and O–H groups in total. The number of hydrogen-bond acceptors (Lipinski definition) is 4. The van der Waals surface area contributed by atoms with Crippen molar-refractivity contribution in [2.24, 2.45) is 0 Å². The number of hydrogen-bond donors (Lipinski definition) is 1. The first-order valence-electron chi connectivity index (χ1n) is 8.85. The molecule has 2 aromatic carbocycles. The molecule has 5 nitrogen and oxygen atoms in total. The van der Waals surface area contributed by atoms with E-state index in [0.717, 1.165) is 11.1 Å². The summed E-state index contributed by atoms with van der Waals surface area (Å²) in [7, 11) is 0. The van der Waals surface area contributed by atoms with Crippen LogP contribution in [0.4, 0.5) is 5.69 Å². The van der Waals surface area contributed by atoms with Crippen molar-refractivity contribution in [3.8, 4) is 0 Å². The number of carbonyl (C=O) groups is 2. The zero-order valence-electron chi connectivity index (χ0n) is 15.2.